The molecule has 0 radical (unpaired) electrons. The van der Waals surface area contributed by atoms with Crippen LogP contribution in [-0.2, 0) is 21.4 Å². The number of sulfonamides is 1. The fourth-order valence-corrected chi connectivity index (χ4v) is 4.08. The highest BCUT2D eigenvalue weighted by Gasteiger charge is 2.22. The van der Waals surface area contributed by atoms with Gasteiger partial charge in [0.15, 0.2) is 0 Å². The normalized spacial score (nSPS) is 12.9. The molecule has 0 fully saturated rings. The van der Waals surface area contributed by atoms with E-state index in [-0.39, 0.29) is 11.4 Å². The van der Waals surface area contributed by atoms with Crippen LogP contribution in [0.5, 0.6) is 0 Å². The monoisotopic (exact) mass is 470 g/mol. The molecule has 0 aliphatic carbocycles. The van der Waals surface area contributed by atoms with Gasteiger partial charge in [-0.2, -0.15) is 4.72 Å². The molecule has 3 aromatic rings. The fraction of sp³-hybridized carbons (Fsp3) is 0.176. The molecule has 1 aromatic carbocycles. The molecule has 1 atom stereocenters. The van der Waals surface area contributed by atoms with Crippen molar-refractivity contribution in [3.05, 3.63) is 64.0 Å². The van der Waals surface area contributed by atoms with Crippen LogP contribution in [0.25, 0.3) is 5.65 Å². The van der Waals surface area contributed by atoms with Gasteiger partial charge in [0.2, 0.25) is 15.9 Å². The van der Waals surface area contributed by atoms with E-state index in [4.69, 9.17) is 11.6 Å². The molecule has 0 saturated carbocycles. The molecule has 2 heterocycles. The van der Waals surface area contributed by atoms with Crippen molar-refractivity contribution in [3.63, 3.8) is 0 Å². The second kappa shape index (κ2) is 7.97. The van der Waals surface area contributed by atoms with Crippen LogP contribution in [0.1, 0.15) is 12.6 Å². The minimum absolute atomic E-state index is 0.0393. The van der Waals surface area contributed by atoms with Gasteiger partial charge in [0.05, 0.1) is 23.2 Å². The van der Waals surface area contributed by atoms with E-state index in [1.54, 1.807) is 6.20 Å². The number of halogens is 2. The number of hydrogen-bond acceptors (Lipinski definition) is 4. The van der Waals surface area contributed by atoms with E-state index in [0.717, 1.165) is 10.1 Å². The molecule has 0 aliphatic heterocycles. The smallest absolute Gasteiger partial charge is 0.241 e. The Bertz CT molecular complexity index is 1080. The summed E-state index contributed by atoms with van der Waals surface area (Å²) in [4.78, 5) is 16.7. The molecule has 1 amide bonds. The number of carbonyl (C=O) groups is 1. The van der Waals surface area contributed by atoms with E-state index < -0.39 is 22.0 Å². The van der Waals surface area contributed by atoms with Crippen LogP contribution in [0.2, 0.25) is 5.02 Å². The number of aromatic nitrogens is 2. The molecule has 0 bridgehead atoms. The number of nitrogens with one attached hydrogen (secondary N) is 2. The number of nitrogens with zero attached hydrogens (tertiary/aromatic N) is 2. The van der Waals surface area contributed by atoms with Gasteiger partial charge in [0.25, 0.3) is 0 Å². The molecule has 7 nitrogen and oxygen atoms in total. The molecule has 142 valence electrons. The highest BCUT2D eigenvalue weighted by Crippen LogP contribution is 2.15. The second-order valence-electron chi connectivity index (χ2n) is 5.86. The van der Waals surface area contributed by atoms with Gasteiger partial charge in [-0.3, -0.25) is 4.79 Å². The standard InChI is InChI=1S/C17H16BrClN4O3S/c1-11(22-27(25,26)15-5-3-13(19)4-6-15)17(24)20-8-14-10-23-9-12(18)2-7-16(23)21-14/h2-7,9-11,22H,8H2,1H3,(H,20,24)/t11-/m0/s1. The van der Waals surface area contributed by atoms with Crippen molar-refractivity contribution in [1.82, 2.24) is 19.4 Å². The Kier molecular flexibility index (Phi) is 5.85. The summed E-state index contributed by atoms with van der Waals surface area (Å²) in [7, 11) is -3.82. The van der Waals surface area contributed by atoms with Crippen LogP contribution in [0, 0.1) is 0 Å². The first-order valence-corrected chi connectivity index (χ1v) is 10.6. The summed E-state index contributed by atoms with van der Waals surface area (Å²) in [5.74, 6) is -0.453. The van der Waals surface area contributed by atoms with E-state index >= 15 is 0 Å². The average molecular weight is 472 g/mol. The highest BCUT2D eigenvalue weighted by molar-refractivity contribution is 9.10. The van der Waals surface area contributed by atoms with Crippen LogP contribution in [0.4, 0.5) is 0 Å². The highest BCUT2D eigenvalue weighted by atomic mass is 79.9. The van der Waals surface area contributed by atoms with E-state index in [1.165, 1.54) is 31.2 Å². The van der Waals surface area contributed by atoms with Crippen molar-refractivity contribution in [2.45, 2.75) is 24.4 Å². The number of amides is 1. The van der Waals surface area contributed by atoms with Crippen LogP contribution >= 0.6 is 27.5 Å². The molecule has 0 aliphatic rings. The second-order valence-corrected chi connectivity index (χ2v) is 8.93. The Balaban J connectivity index is 1.62. The molecule has 27 heavy (non-hydrogen) atoms. The first-order valence-electron chi connectivity index (χ1n) is 7.93. The molecular formula is C17H16BrClN4O3S. The number of benzene rings is 1. The Morgan fingerprint density at radius 1 is 1.22 bits per heavy atom. The lowest BCUT2D eigenvalue weighted by atomic mass is 10.3. The minimum atomic E-state index is -3.82. The van der Waals surface area contributed by atoms with E-state index in [9.17, 15) is 13.2 Å². The van der Waals surface area contributed by atoms with Crippen molar-refractivity contribution in [2.75, 3.05) is 0 Å². The van der Waals surface area contributed by atoms with Crippen molar-refractivity contribution in [2.24, 2.45) is 0 Å². The summed E-state index contributed by atoms with van der Waals surface area (Å²) in [6.07, 6.45) is 3.65. The van der Waals surface area contributed by atoms with E-state index in [2.05, 4.69) is 31.0 Å². The molecule has 0 saturated heterocycles. The predicted octanol–water partition coefficient (Wildman–Crippen LogP) is 2.73. The first-order chi connectivity index (χ1) is 12.7. The molecule has 10 heteroatoms. The molecule has 3 rings (SSSR count). The Labute approximate surface area is 169 Å². The number of rotatable bonds is 6. The topological polar surface area (TPSA) is 92.6 Å². The average Bonchev–Trinajstić information content (AvgIpc) is 3.01. The number of carbonyl (C=O) groups excluding carboxylic acids is 1. The number of pyridine rings is 1. The van der Waals surface area contributed by atoms with Gasteiger partial charge >= 0.3 is 0 Å². The lowest BCUT2D eigenvalue weighted by Gasteiger charge is -2.14. The maximum atomic E-state index is 12.3. The van der Waals surface area contributed by atoms with Crippen molar-refractivity contribution in [1.29, 1.82) is 0 Å². The number of imidazole rings is 1. The molecule has 0 spiro atoms. The summed E-state index contributed by atoms with van der Waals surface area (Å²) in [5, 5.41) is 3.11. The third kappa shape index (κ3) is 4.86. The molecule has 0 unspecified atom stereocenters. The Morgan fingerprint density at radius 2 is 1.93 bits per heavy atom. The van der Waals surface area contributed by atoms with Crippen LogP contribution in [0.15, 0.2) is 58.2 Å². The maximum Gasteiger partial charge on any atom is 0.241 e. The molecule has 2 aromatic heterocycles. The van der Waals surface area contributed by atoms with Gasteiger partial charge in [-0.05, 0) is 59.3 Å². The van der Waals surface area contributed by atoms with E-state index in [1.807, 2.05) is 22.7 Å². The summed E-state index contributed by atoms with van der Waals surface area (Å²) >= 11 is 9.15. The van der Waals surface area contributed by atoms with Crippen molar-refractivity contribution in [3.8, 4) is 0 Å². The fourth-order valence-electron chi connectivity index (χ4n) is 2.40. The van der Waals surface area contributed by atoms with Crippen molar-refractivity contribution < 1.29 is 13.2 Å². The zero-order valence-electron chi connectivity index (χ0n) is 14.2. The Morgan fingerprint density at radius 3 is 2.63 bits per heavy atom. The lowest BCUT2D eigenvalue weighted by Crippen LogP contribution is -2.44. The Hall–Kier alpha value is -1.94. The zero-order chi connectivity index (χ0) is 19.6. The summed E-state index contributed by atoms with van der Waals surface area (Å²) in [6, 6.07) is 8.48. The van der Waals surface area contributed by atoms with Gasteiger partial charge in [-0.25, -0.2) is 13.4 Å². The first kappa shape index (κ1) is 19.8. The van der Waals surface area contributed by atoms with Gasteiger partial charge in [-0.1, -0.05) is 11.6 Å². The number of hydrogen-bond donors (Lipinski definition) is 2. The molecule has 2 N–H and O–H groups in total. The van der Waals surface area contributed by atoms with Crippen LogP contribution in [0.3, 0.4) is 0 Å². The lowest BCUT2D eigenvalue weighted by molar-refractivity contribution is -0.122. The minimum Gasteiger partial charge on any atom is -0.349 e. The number of fused-ring (bicyclic) bond motifs is 1. The van der Waals surface area contributed by atoms with Crippen LogP contribution in [-0.4, -0.2) is 29.8 Å². The van der Waals surface area contributed by atoms with Gasteiger partial charge < -0.3 is 9.72 Å². The quantitative estimate of drug-likeness (QED) is 0.578. The largest absolute Gasteiger partial charge is 0.349 e. The summed E-state index contributed by atoms with van der Waals surface area (Å²) in [6.45, 7) is 1.66. The third-order valence-electron chi connectivity index (χ3n) is 3.76. The SMILES string of the molecule is C[C@H](NS(=O)(=O)c1ccc(Cl)cc1)C(=O)NCc1cn2cc(Br)ccc2n1. The summed E-state index contributed by atoms with van der Waals surface area (Å²) < 4.78 is 29.7. The predicted molar refractivity (Wildman–Crippen MR) is 106 cm³/mol. The van der Waals surface area contributed by atoms with Gasteiger partial charge in [-0.15, -0.1) is 0 Å². The third-order valence-corrected chi connectivity index (χ3v) is 6.04. The van der Waals surface area contributed by atoms with Gasteiger partial charge in [0, 0.05) is 21.9 Å². The van der Waals surface area contributed by atoms with E-state index in [0.29, 0.717) is 10.7 Å². The summed E-state index contributed by atoms with van der Waals surface area (Å²) in [5.41, 5.74) is 1.41. The zero-order valence-corrected chi connectivity index (χ0v) is 17.3. The van der Waals surface area contributed by atoms with Gasteiger partial charge in [0.1, 0.15) is 5.65 Å². The van der Waals surface area contributed by atoms with Crippen LogP contribution < -0.4 is 10.0 Å². The van der Waals surface area contributed by atoms with Crippen molar-refractivity contribution >= 4 is 49.1 Å². The maximum absolute atomic E-state index is 12.3. The molecular weight excluding hydrogens is 456 g/mol.